The molecule has 0 saturated carbocycles. The van der Waals surface area contributed by atoms with Crippen LogP contribution in [0, 0.1) is 5.41 Å². The average Bonchev–Trinajstić information content (AvgIpc) is 2.76. The highest BCUT2D eigenvalue weighted by molar-refractivity contribution is 5.90. The van der Waals surface area contributed by atoms with Gasteiger partial charge < -0.3 is 20.3 Å². The molecule has 0 aromatic heterocycles. The summed E-state index contributed by atoms with van der Waals surface area (Å²) in [4.78, 5) is 40.0. The van der Waals surface area contributed by atoms with Crippen molar-refractivity contribution >= 4 is 17.7 Å². The quantitative estimate of drug-likeness (QED) is 0.769. The fraction of sp³-hybridized carbons (Fsp3) is 0.609. The van der Waals surface area contributed by atoms with E-state index >= 15 is 0 Å². The van der Waals surface area contributed by atoms with Gasteiger partial charge in [0.2, 0.25) is 17.7 Å². The summed E-state index contributed by atoms with van der Waals surface area (Å²) in [6.07, 6.45) is 4.14. The summed E-state index contributed by atoms with van der Waals surface area (Å²) in [6.45, 7) is 4.40. The highest BCUT2D eigenvalue weighted by atomic mass is 16.5. The van der Waals surface area contributed by atoms with E-state index in [4.69, 9.17) is 4.74 Å². The van der Waals surface area contributed by atoms with E-state index in [9.17, 15) is 14.4 Å². The molecule has 0 radical (unpaired) electrons. The van der Waals surface area contributed by atoms with Crippen molar-refractivity contribution in [1.29, 1.82) is 0 Å². The van der Waals surface area contributed by atoms with Gasteiger partial charge in [-0.05, 0) is 38.2 Å². The topological polar surface area (TPSA) is 87.7 Å². The predicted octanol–water partition coefficient (Wildman–Crippen LogP) is 1.66. The molecule has 2 saturated heterocycles. The largest absolute Gasteiger partial charge is 0.380 e. The second-order valence-electron chi connectivity index (χ2n) is 8.38. The Labute approximate surface area is 178 Å². The number of hydrogen-bond donors (Lipinski definition) is 2. The molecule has 1 spiro atoms. The van der Waals surface area contributed by atoms with Gasteiger partial charge in [-0.25, -0.2) is 0 Å². The first-order valence-electron chi connectivity index (χ1n) is 11.0. The number of nitrogens with one attached hydrogen (secondary N) is 2. The zero-order valence-electron chi connectivity index (χ0n) is 17.8. The van der Waals surface area contributed by atoms with Crippen LogP contribution in [0.4, 0.5) is 0 Å². The Balaban J connectivity index is 1.64. The summed E-state index contributed by atoms with van der Waals surface area (Å²) in [5.74, 6) is -0.167. The number of benzene rings is 1. The van der Waals surface area contributed by atoms with Crippen molar-refractivity contribution in [2.45, 2.75) is 51.5 Å². The molecule has 7 nitrogen and oxygen atoms in total. The average molecular weight is 416 g/mol. The molecule has 30 heavy (non-hydrogen) atoms. The second kappa shape index (κ2) is 10.6. The maximum Gasteiger partial charge on any atom is 0.242 e. The summed E-state index contributed by atoms with van der Waals surface area (Å²) < 4.78 is 5.57. The van der Waals surface area contributed by atoms with Crippen molar-refractivity contribution in [1.82, 2.24) is 15.5 Å². The summed E-state index contributed by atoms with van der Waals surface area (Å²) >= 11 is 0. The molecule has 0 bridgehead atoms. The number of carbonyl (C=O) groups is 3. The third-order valence-corrected chi connectivity index (χ3v) is 6.23. The van der Waals surface area contributed by atoms with E-state index in [1.165, 1.54) is 0 Å². The van der Waals surface area contributed by atoms with E-state index in [1.807, 2.05) is 35.2 Å². The molecule has 3 amide bonds. The lowest BCUT2D eigenvalue weighted by Crippen LogP contribution is -2.54. The van der Waals surface area contributed by atoms with Gasteiger partial charge in [0.15, 0.2) is 0 Å². The van der Waals surface area contributed by atoms with Crippen LogP contribution in [0.1, 0.15) is 44.6 Å². The van der Waals surface area contributed by atoms with E-state index in [1.54, 1.807) is 6.92 Å². The van der Waals surface area contributed by atoms with Gasteiger partial charge >= 0.3 is 0 Å². The lowest BCUT2D eigenvalue weighted by atomic mass is 9.73. The predicted molar refractivity (Wildman–Crippen MR) is 114 cm³/mol. The van der Waals surface area contributed by atoms with Crippen molar-refractivity contribution in [3.8, 4) is 0 Å². The first-order valence-corrected chi connectivity index (χ1v) is 11.0. The molecule has 2 N–H and O–H groups in total. The van der Waals surface area contributed by atoms with Gasteiger partial charge in [0, 0.05) is 26.2 Å². The van der Waals surface area contributed by atoms with Crippen LogP contribution in [-0.2, 0) is 25.5 Å². The van der Waals surface area contributed by atoms with Crippen LogP contribution < -0.4 is 10.6 Å². The van der Waals surface area contributed by atoms with Crippen molar-refractivity contribution in [2.24, 2.45) is 5.41 Å². The summed E-state index contributed by atoms with van der Waals surface area (Å²) in [7, 11) is 0. The molecule has 2 fully saturated rings. The Hall–Kier alpha value is -2.41. The van der Waals surface area contributed by atoms with E-state index < -0.39 is 11.5 Å². The van der Waals surface area contributed by atoms with Crippen LogP contribution in [0.3, 0.4) is 0 Å². The van der Waals surface area contributed by atoms with Gasteiger partial charge in [-0.2, -0.15) is 0 Å². The SMILES string of the molecule is C[C@@H]1NC(=O)C2(CCCCOCCNC1=O)CCN(C(=O)Cc1ccccc1)CC2. The molecular formula is C23H33N3O4. The minimum atomic E-state index is -0.590. The standard InChI is InChI=1S/C23H33N3O4/c1-18-21(28)24-12-16-30-15-6-5-9-23(22(29)25-18)10-13-26(14-11-23)20(27)17-19-7-3-2-4-8-19/h2-4,7-8,18H,5-6,9-17H2,1H3,(H,24,28)(H,25,29)/t18-/m0/s1. The van der Waals surface area contributed by atoms with Crippen LogP contribution in [0.25, 0.3) is 0 Å². The maximum absolute atomic E-state index is 13.2. The van der Waals surface area contributed by atoms with Gasteiger partial charge in [-0.3, -0.25) is 14.4 Å². The smallest absolute Gasteiger partial charge is 0.242 e. The summed E-state index contributed by atoms with van der Waals surface area (Å²) in [5, 5.41) is 5.71. The van der Waals surface area contributed by atoms with Crippen molar-refractivity contribution in [3.05, 3.63) is 35.9 Å². The number of piperidine rings is 1. The molecule has 1 aromatic carbocycles. The molecule has 2 aliphatic heterocycles. The number of nitrogens with zero attached hydrogens (tertiary/aromatic N) is 1. The van der Waals surface area contributed by atoms with Crippen LogP contribution in [-0.4, -0.2) is 61.5 Å². The first kappa shape index (κ1) is 22.3. The zero-order chi connectivity index (χ0) is 21.4. The minimum Gasteiger partial charge on any atom is -0.380 e. The third kappa shape index (κ3) is 5.81. The van der Waals surface area contributed by atoms with Crippen LogP contribution >= 0.6 is 0 Å². The van der Waals surface area contributed by atoms with Gasteiger partial charge in [-0.15, -0.1) is 0 Å². The van der Waals surface area contributed by atoms with Gasteiger partial charge in [0.05, 0.1) is 18.4 Å². The first-order chi connectivity index (χ1) is 14.5. The van der Waals surface area contributed by atoms with Crippen LogP contribution in [0.15, 0.2) is 30.3 Å². The normalized spacial score (nSPS) is 23.5. The number of likely N-dealkylation sites (tertiary alicyclic amines) is 1. The molecule has 2 heterocycles. The molecule has 2 aliphatic rings. The molecule has 0 unspecified atom stereocenters. The molecule has 7 heteroatoms. The number of carbonyl (C=O) groups excluding carboxylic acids is 3. The number of amides is 3. The number of ether oxygens (including phenoxy) is 1. The highest BCUT2D eigenvalue weighted by Crippen LogP contribution is 2.37. The van der Waals surface area contributed by atoms with Gasteiger partial charge in [0.25, 0.3) is 0 Å². The summed E-state index contributed by atoms with van der Waals surface area (Å²) in [6, 6.07) is 9.14. The fourth-order valence-electron chi connectivity index (χ4n) is 4.24. The maximum atomic E-state index is 13.2. The Morgan fingerprint density at radius 3 is 2.57 bits per heavy atom. The fourth-order valence-corrected chi connectivity index (χ4v) is 4.24. The second-order valence-corrected chi connectivity index (χ2v) is 8.38. The van der Waals surface area contributed by atoms with E-state index in [-0.39, 0.29) is 17.7 Å². The van der Waals surface area contributed by atoms with E-state index in [0.717, 1.165) is 24.8 Å². The molecular weight excluding hydrogens is 382 g/mol. The van der Waals surface area contributed by atoms with Crippen LogP contribution in [0.5, 0.6) is 0 Å². The van der Waals surface area contributed by atoms with E-state index in [0.29, 0.717) is 52.1 Å². The van der Waals surface area contributed by atoms with Crippen LogP contribution in [0.2, 0.25) is 0 Å². The van der Waals surface area contributed by atoms with Crippen molar-refractivity contribution in [3.63, 3.8) is 0 Å². The lowest BCUT2D eigenvalue weighted by molar-refractivity contribution is -0.142. The lowest BCUT2D eigenvalue weighted by Gasteiger charge is -2.41. The van der Waals surface area contributed by atoms with Gasteiger partial charge in [0.1, 0.15) is 6.04 Å². The van der Waals surface area contributed by atoms with Crippen molar-refractivity contribution < 1.29 is 19.1 Å². The molecule has 0 aliphatic carbocycles. The Kier molecular flexibility index (Phi) is 7.85. The Bertz CT molecular complexity index is 729. The number of rotatable bonds is 2. The molecule has 1 aromatic rings. The van der Waals surface area contributed by atoms with E-state index in [2.05, 4.69) is 10.6 Å². The Morgan fingerprint density at radius 2 is 1.83 bits per heavy atom. The third-order valence-electron chi connectivity index (χ3n) is 6.23. The molecule has 3 rings (SSSR count). The van der Waals surface area contributed by atoms with Crippen molar-refractivity contribution in [2.75, 3.05) is 32.8 Å². The summed E-state index contributed by atoms with van der Waals surface area (Å²) in [5.41, 5.74) is 0.467. The molecule has 1 atom stereocenters. The number of hydrogen-bond acceptors (Lipinski definition) is 4. The minimum absolute atomic E-state index is 0.0690. The molecule has 164 valence electrons. The van der Waals surface area contributed by atoms with Gasteiger partial charge in [-0.1, -0.05) is 36.8 Å². The highest BCUT2D eigenvalue weighted by Gasteiger charge is 2.42. The zero-order valence-corrected chi connectivity index (χ0v) is 17.8. The monoisotopic (exact) mass is 415 g/mol. The Morgan fingerprint density at radius 1 is 1.10 bits per heavy atom.